The van der Waals surface area contributed by atoms with Crippen LogP contribution < -0.4 is 16.2 Å². The van der Waals surface area contributed by atoms with Crippen LogP contribution in [0.5, 0.6) is 0 Å². The second kappa shape index (κ2) is 6.95. The summed E-state index contributed by atoms with van der Waals surface area (Å²) in [6.45, 7) is 2.66. The van der Waals surface area contributed by atoms with Gasteiger partial charge in [-0.25, -0.2) is 9.97 Å². The number of nitrogens with zero attached hydrogens (tertiary/aromatic N) is 3. The highest BCUT2D eigenvalue weighted by molar-refractivity contribution is 6.45. The highest BCUT2D eigenvalue weighted by atomic mass is 35.5. The first kappa shape index (κ1) is 17.3. The van der Waals surface area contributed by atoms with Crippen LogP contribution in [-0.2, 0) is 13.0 Å². The number of nitrogens with one attached hydrogen (secondary N) is 3. The van der Waals surface area contributed by atoms with E-state index in [9.17, 15) is 0 Å². The van der Waals surface area contributed by atoms with E-state index in [4.69, 9.17) is 23.2 Å². The monoisotopic (exact) mass is 402 g/mol. The van der Waals surface area contributed by atoms with Gasteiger partial charge in [0.05, 0.1) is 15.6 Å². The summed E-state index contributed by atoms with van der Waals surface area (Å²) < 4.78 is 2.35. The van der Waals surface area contributed by atoms with Crippen molar-refractivity contribution in [2.45, 2.75) is 31.3 Å². The van der Waals surface area contributed by atoms with Gasteiger partial charge in [-0.2, -0.15) is 0 Å². The molecule has 5 rings (SSSR count). The zero-order valence-corrected chi connectivity index (χ0v) is 16.2. The van der Waals surface area contributed by atoms with Gasteiger partial charge < -0.3 is 9.88 Å². The van der Waals surface area contributed by atoms with Crippen LogP contribution in [0.4, 0.5) is 5.95 Å². The lowest BCUT2D eigenvalue weighted by Crippen LogP contribution is -2.32. The van der Waals surface area contributed by atoms with Gasteiger partial charge in [-0.1, -0.05) is 29.3 Å². The number of benzene rings is 1. The van der Waals surface area contributed by atoms with Crippen LogP contribution in [0.3, 0.4) is 0 Å². The molecule has 1 aromatic carbocycles. The molecule has 0 radical (unpaired) electrons. The first-order valence-corrected chi connectivity index (χ1v) is 9.96. The molecule has 0 bridgehead atoms. The van der Waals surface area contributed by atoms with E-state index in [0.717, 1.165) is 38.0 Å². The van der Waals surface area contributed by atoms with E-state index < -0.39 is 0 Å². The maximum Gasteiger partial charge on any atom is 0.222 e. The van der Waals surface area contributed by atoms with E-state index in [-0.39, 0.29) is 6.04 Å². The van der Waals surface area contributed by atoms with Crippen molar-refractivity contribution < 1.29 is 0 Å². The normalized spacial score (nSPS) is 20.1. The lowest BCUT2D eigenvalue weighted by atomic mass is 9.93. The standard InChI is InChI=1S/C19H20Cl2N6/c20-14-4-3-13-16(11-8-24-25-9-11)15-5-2-12(10-27(15)18(13)17(14)21)26-19-22-6-1-7-23-19/h1,3-4,6-7,11-12,24-25H,2,5,8-10H2,(H,22,23,26). The average Bonchev–Trinajstić information content (AvgIpc) is 3.31. The Kier molecular flexibility index (Phi) is 4.44. The van der Waals surface area contributed by atoms with E-state index in [1.54, 1.807) is 12.4 Å². The van der Waals surface area contributed by atoms with Crippen molar-refractivity contribution in [1.29, 1.82) is 0 Å². The lowest BCUT2D eigenvalue weighted by Gasteiger charge is -2.27. The molecule has 2 aromatic heterocycles. The molecule has 3 aromatic rings. The average molecular weight is 403 g/mol. The van der Waals surface area contributed by atoms with Crippen LogP contribution in [0, 0.1) is 0 Å². The van der Waals surface area contributed by atoms with Gasteiger partial charge in [0.25, 0.3) is 0 Å². The summed E-state index contributed by atoms with van der Waals surface area (Å²) in [5, 5.41) is 5.90. The molecule has 1 fully saturated rings. The molecule has 2 aliphatic heterocycles. The smallest absolute Gasteiger partial charge is 0.222 e. The highest BCUT2D eigenvalue weighted by Crippen LogP contribution is 2.41. The van der Waals surface area contributed by atoms with Crippen molar-refractivity contribution in [3.05, 3.63) is 51.9 Å². The number of hydrogen-bond acceptors (Lipinski definition) is 5. The maximum atomic E-state index is 6.66. The van der Waals surface area contributed by atoms with Gasteiger partial charge in [0.1, 0.15) is 0 Å². The number of aromatic nitrogens is 3. The Balaban J connectivity index is 1.58. The van der Waals surface area contributed by atoms with Crippen molar-refractivity contribution in [1.82, 2.24) is 25.4 Å². The van der Waals surface area contributed by atoms with Gasteiger partial charge in [-0.15, -0.1) is 0 Å². The molecule has 4 heterocycles. The third kappa shape index (κ3) is 2.97. The fourth-order valence-corrected chi connectivity index (χ4v) is 4.77. The van der Waals surface area contributed by atoms with Crippen LogP contribution in [-0.4, -0.2) is 33.7 Å². The zero-order valence-electron chi connectivity index (χ0n) is 14.7. The molecule has 8 heteroatoms. The first-order chi connectivity index (χ1) is 13.2. The molecule has 0 saturated carbocycles. The van der Waals surface area contributed by atoms with E-state index in [2.05, 4.69) is 36.8 Å². The minimum absolute atomic E-state index is 0.248. The third-order valence-corrected chi connectivity index (χ3v) is 6.32. The molecule has 1 saturated heterocycles. The van der Waals surface area contributed by atoms with Crippen molar-refractivity contribution >= 4 is 40.1 Å². The Bertz CT molecular complexity index is 981. The number of halogens is 2. The summed E-state index contributed by atoms with van der Waals surface area (Å²) in [6, 6.07) is 6.09. The van der Waals surface area contributed by atoms with E-state index in [0.29, 0.717) is 21.9 Å². The molecule has 0 aliphatic carbocycles. The molecule has 2 aliphatic rings. The Hall–Kier alpha value is -1.86. The maximum absolute atomic E-state index is 6.66. The quantitative estimate of drug-likeness (QED) is 0.626. The molecule has 1 atom stereocenters. The molecule has 0 amide bonds. The van der Waals surface area contributed by atoms with Crippen molar-refractivity contribution in [2.75, 3.05) is 18.4 Å². The second-order valence-electron chi connectivity index (χ2n) is 7.14. The Labute approximate surface area is 167 Å². The van der Waals surface area contributed by atoms with E-state index in [1.807, 2.05) is 12.1 Å². The van der Waals surface area contributed by atoms with E-state index >= 15 is 0 Å². The van der Waals surface area contributed by atoms with Crippen LogP contribution in [0.1, 0.15) is 23.6 Å². The summed E-state index contributed by atoms with van der Waals surface area (Å²) in [4.78, 5) is 8.59. The van der Waals surface area contributed by atoms with Crippen LogP contribution in [0.2, 0.25) is 10.0 Å². The Morgan fingerprint density at radius 3 is 2.67 bits per heavy atom. The summed E-state index contributed by atoms with van der Waals surface area (Å²) in [5.74, 6) is 1.10. The number of hydrogen-bond donors (Lipinski definition) is 3. The summed E-state index contributed by atoms with van der Waals surface area (Å²) in [7, 11) is 0. The first-order valence-electron chi connectivity index (χ1n) is 9.20. The summed E-state index contributed by atoms with van der Waals surface area (Å²) >= 11 is 13.0. The highest BCUT2D eigenvalue weighted by Gasteiger charge is 2.31. The van der Waals surface area contributed by atoms with Crippen molar-refractivity contribution in [3.8, 4) is 0 Å². The summed E-state index contributed by atoms with van der Waals surface area (Å²) in [6.07, 6.45) is 5.52. The molecular formula is C19H20Cl2N6. The lowest BCUT2D eigenvalue weighted by molar-refractivity contribution is 0.487. The molecule has 1 unspecified atom stereocenters. The van der Waals surface area contributed by atoms with Gasteiger partial charge in [0, 0.05) is 55.1 Å². The van der Waals surface area contributed by atoms with Crippen molar-refractivity contribution in [2.24, 2.45) is 0 Å². The van der Waals surface area contributed by atoms with Gasteiger partial charge in [0.15, 0.2) is 0 Å². The number of hydrazine groups is 1. The van der Waals surface area contributed by atoms with Gasteiger partial charge in [-0.05, 0) is 30.5 Å². The molecule has 140 valence electrons. The van der Waals surface area contributed by atoms with Crippen LogP contribution >= 0.6 is 23.2 Å². The Morgan fingerprint density at radius 2 is 1.89 bits per heavy atom. The molecule has 3 N–H and O–H groups in total. The minimum atomic E-state index is 0.248. The fourth-order valence-electron chi connectivity index (χ4n) is 4.35. The molecule has 27 heavy (non-hydrogen) atoms. The largest absolute Gasteiger partial charge is 0.350 e. The van der Waals surface area contributed by atoms with Crippen molar-refractivity contribution in [3.63, 3.8) is 0 Å². The van der Waals surface area contributed by atoms with Gasteiger partial charge >= 0.3 is 0 Å². The van der Waals surface area contributed by atoms with Gasteiger partial charge in [0.2, 0.25) is 5.95 Å². The van der Waals surface area contributed by atoms with Crippen LogP contribution in [0.15, 0.2) is 30.6 Å². The molecular weight excluding hydrogens is 383 g/mol. The second-order valence-corrected chi connectivity index (χ2v) is 7.92. The minimum Gasteiger partial charge on any atom is -0.350 e. The van der Waals surface area contributed by atoms with Gasteiger partial charge in [-0.3, -0.25) is 10.9 Å². The SMILES string of the molecule is Clc1ccc2c(C3CNNC3)c3n(c2c1Cl)CC(Nc1ncccn1)CC3. The number of rotatable bonds is 3. The Morgan fingerprint density at radius 1 is 1.11 bits per heavy atom. The van der Waals surface area contributed by atoms with E-state index in [1.165, 1.54) is 16.6 Å². The summed E-state index contributed by atoms with van der Waals surface area (Å²) in [5.41, 5.74) is 10.3. The molecule has 0 spiro atoms. The number of anilines is 1. The predicted octanol–water partition coefficient (Wildman–Crippen LogP) is 3.36. The van der Waals surface area contributed by atoms with Crippen LogP contribution in [0.25, 0.3) is 10.9 Å². The topological polar surface area (TPSA) is 66.8 Å². The number of fused-ring (bicyclic) bond motifs is 3. The molecule has 6 nitrogen and oxygen atoms in total. The fraction of sp³-hybridized carbons (Fsp3) is 0.368. The zero-order chi connectivity index (χ0) is 18.4. The third-order valence-electron chi connectivity index (χ3n) is 5.53. The predicted molar refractivity (Wildman–Crippen MR) is 108 cm³/mol.